The van der Waals surface area contributed by atoms with Crippen LogP contribution in [0.25, 0.3) is 0 Å². The van der Waals surface area contributed by atoms with Crippen molar-refractivity contribution in [1.29, 1.82) is 5.41 Å². The zero-order chi connectivity index (χ0) is 12.4. The summed E-state index contributed by atoms with van der Waals surface area (Å²) in [6.07, 6.45) is 2.56. The van der Waals surface area contributed by atoms with Crippen LogP contribution in [0.15, 0.2) is 0 Å². The fraction of sp³-hybridized carbons (Fsp3) is 0.667. The summed E-state index contributed by atoms with van der Waals surface area (Å²) < 4.78 is 0. The molecule has 0 spiro atoms. The molecule has 1 aliphatic rings. The van der Waals surface area contributed by atoms with E-state index in [9.17, 15) is 0 Å². The molecule has 0 radical (unpaired) electrons. The normalized spacial score (nSPS) is 18.5. The van der Waals surface area contributed by atoms with E-state index < -0.39 is 0 Å². The van der Waals surface area contributed by atoms with Gasteiger partial charge in [-0.2, -0.15) is 0 Å². The number of hydrogen-bond donors (Lipinski definition) is 2. The molecule has 94 valence electrons. The monoisotopic (exact) mass is 252 g/mol. The van der Waals surface area contributed by atoms with Crippen molar-refractivity contribution in [3.05, 3.63) is 15.6 Å². The van der Waals surface area contributed by atoms with Gasteiger partial charge in [-0.05, 0) is 38.8 Å². The molecule has 1 aromatic heterocycles. The van der Waals surface area contributed by atoms with Gasteiger partial charge >= 0.3 is 0 Å². The Bertz CT molecular complexity index is 405. The number of rotatable bonds is 3. The summed E-state index contributed by atoms with van der Waals surface area (Å²) in [5.74, 6) is 0.996. The molecule has 0 amide bonds. The highest BCUT2D eigenvalue weighted by Gasteiger charge is 2.18. The Kier molecular flexibility index (Phi) is 3.79. The van der Waals surface area contributed by atoms with E-state index in [1.54, 1.807) is 11.3 Å². The van der Waals surface area contributed by atoms with Crippen LogP contribution in [0, 0.1) is 18.3 Å². The van der Waals surface area contributed by atoms with E-state index in [1.165, 1.54) is 12.8 Å². The molecule has 1 aliphatic heterocycles. The first-order chi connectivity index (χ1) is 8.06. The molecule has 1 aromatic rings. The summed E-state index contributed by atoms with van der Waals surface area (Å²) in [6, 6.07) is 0. The maximum Gasteiger partial charge on any atom is 0.135 e. The lowest BCUT2D eigenvalue weighted by Crippen LogP contribution is -2.32. The lowest BCUT2D eigenvalue weighted by molar-refractivity contribution is 0.185. The van der Waals surface area contributed by atoms with Crippen LogP contribution in [0.5, 0.6) is 0 Å². The van der Waals surface area contributed by atoms with E-state index in [1.807, 2.05) is 6.92 Å². The highest BCUT2D eigenvalue weighted by atomic mass is 32.1. The number of nitrogens with one attached hydrogen (secondary N) is 1. The van der Waals surface area contributed by atoms with Gasteiger partial charge in [-0.25, -0.2) is 4.98 Å². The first-order valence-electron chi connectivity index (χ1n) is 6.09. The Balaban J connectivity index is 1.99. The van der Waals surface area contributed by atoms with Gasteiger partial charge in [-0.3, -0.25) is 10.3 Å². The van der Waals surface area contributed by atoms with Crippen molar-refractivity contribution in [2.45, 2.75) is 33.2 Å². The molecular formula is C12H20N4S. The first-order valence-corrected chi connectivity index (χ1v) is 6.91. The number of nitrogens with zero attached hydrogens (tertiary/aromatic N) is 2. The van der Waals surface area contributed by atoms with Crippen LogP contribution in [0.4, 0.5) is 0 Å². The molecule has 5 heteroatoms. The Hall–Kier alpha value is -0.940. The summed E-state index contributed by atoms with van der Waals surface area (Å²) in [5.41, 5.74) is 6.41. The third kappa shape index (κ3) is 3.04. The predicted octanol–water partition coefficient (Wildman–Crippen LogP) is 1.97. The van der Waals surface area contributed by atoms with Gasteiger partial charge < -0.3 is 5.73 Å². The maximum atomic E-state index is 7.47. The van der Waals surface area contributed by atoms with Gasteiger partial charge in [-0.1, -0.05) is 6.92 Å². The van der Waals surface area contributed by atoms with Crippen molar-refractivity contribution < 1.29 is 0 Å². The zero-order valence-corrected chi connectivity index (χ0v) is 11.3. The summed E-state index contributed by atoms with van der Waals surface area (Å²) >= 11 is 1.56. The van der Waals surface area contributed by atoms with Crippen LogP contribution in [-0.2, 0) is 6.54 Å². The minimum Gasteiger partial charge on any atom is -0.383 e. The Morgan fingerprint density at radius 1 is 1.53 bits per heavy atom. The number of aryl methyl sites for hydroxylation is 1. The van der Waals surface area contributed by atoms with E-state index in [4.69, 9.17) is 11.1 Å². The van der Waals surface area contributed by atoms with Gasteiger partial charge in [0, 0.05) is 0 Å². The van der Waals surface area contributed by atoms with Gasteiger partial charge in [-0.15, -0.1) is 11.3 Å². The van der Waals surface area contributed by atoms with E-state index >= 15 is 0 Å². The third-order valence-electron chi connectivity index (χ3n) is 3.32. The van der Waals surface area contributed by atoms with Crippen LogP contribution < -0.4 is 5.73 Å². The summed E-state index contributed by atoms with van der Waals surface area (Å²) in [5, 5.41) is 8.56. The van der Waals surface area contributed by atoms with Crippen LogP contribution in [-0.4, -0.2) is 28.8 Å². The Morgan fingerprint density at radius 3 is 2.71 bits per heavy atom. The smallest absolute Gasteiger partial charge is 0.135 e. The highest BCUT2D eigenvalue weighted by molar-refractivity contribution is 7.13. The van der Waals surface area contributed by atoms with Gasteiger partial charge in [0.05, 0.1) is 17.1 Å². The van der Waals surface area contributed by atoms with Crippen molar-refractivity contribution in [3.8, 4) is 0 Å². The number of thiazole rings is 1. The Morgan fingerprint density at radius 2 is 2.18 bits per heavy atom. The lowest BCUT2D eigenvalue weighted by Gasteiger charge is -2.29. The number of hydrogen-bond acceptors (Lipinski definition) is 4. The molecule has 0 aliphatic carbocycles. The molecule has 4 nitrogen and oxygen atoms in total. The summed E-state index contributed by atoms with van der Waals surface area (Å²) in [6.45, 7) is 7.48. The van der Waals surface area contributed by atoms with Crippen LogP contribution in [0.2, 0.25) is 0 Å². The average Bonchev–Trinajstić information content (AvgIpc) is 2.63. The van der Waals surface area contributed by atoms with Crippen molar-refractivity contribution in [1.82, 2.24) is 9.88 Å². The number of aromatic nitrogens is 1. The van der Waals surface area contributed by atoms with Crippen LogP contribution in [0.1, 0.15) is 35.3 Å². The topological polar surface area (TPSA) is 66.0 Å². The van der Waals surface area contributed by atoms with Crippen molar-refractivity contribution in [3.63, 3.8) is 0 Å². The molecule has 3 N–H and O–H groups in total. The average molecular weight is 252 g/mol. The molecular weight excluding hydrogens is 232 g/mol. The fourth-order valence-corrected chi connectivity index (χ4v) is 3.15. The van der Waals surface area contributed by atoms with Gasteiger partial charge in [0.15, 0.2) is 0 Å². The minimum atomic E-state index is 0.138. The molecule has 17 heavy (non-hydrogen) atoms. The largest absolute Gasteiger partial charge is 0.383 e. The molecule has 0 bridgehead atoms. The number of likely N-dealkylation sites (tertiary alicyclic amines) is 1. The fourth-order valence-electron chi connectivity index (χ4n) is 2.18. The molecule has 2 heterocycles. The van der Waals surface area contributed by atoms with Crippen molar-refractivity contribution >= 4 is 17.2 Å². The van der Waals surface area contributed by atoms with E-state index in [0.29, 0.717) is 0 Å². The van der Waals surface area contributed by atoms with Gasteiger partial charge in [0.25, 0.3) is 0 Å². The zero-order valence-electron chi connectivity index (χ0n) is 10.5. The molecule has 0 atom stereocenters. The number of amidine groups is 1. The highest BCUT2D eigenvalue weighted by Crippen LogP contribution is 2.22. The standard InChI is InChI=1S/C12H20N4S/c1-8-3-5-16(6-4-8)7-10-15-9(2)11(17-10)12(13)14/h8H,3-7H2,1-2H3,(H3,13,14). The van der Waals surface area contributed by atoms with E-state index in [2.05, 4.69) is 16.8 Å². The second-order valence-electron chi connectivity index (χ2n) is 4.89. The minimum absolute atomic E-state index is 0.138. The number of nitrogens with two attached hydrogens (primary N) is 1. The Labute approximate surface area is 106 Å². The predicted molar refractivity (Wildman–Crippen MR) is 71.5 cm³/mol. The van der Waals surface area contributed by atoms with E-state index in [0.717, 1.165) is 41.1 Å². The molecule has 1 saturated heterocycles. The summed E-state index contributed by atoms with van der Waals surface area (Å²) in [7, 11) is 0. The molecule has 0 unspecified atom stereocenters. The third-order valence-corrected chi connectivity index (χ3v) is 4.50. The second kappa shape index (κ2) is 5.14. The second-order valence-corrected chi connectivity index (χ2v) is 5.98. The molecule has 2 rings (SSSR count). The van der Waals surface area contributed by atoms with Crippen molar-refractivity contribution in [2.75, 3.05) is 13.1 Å². The first kappa shape index (κ1) is 12.5. The summed E-state index contributed by atoms with van der Waals surface area (Å²) in [4.78, 5) is 7.77. The quantitative estimate of drug-likeness (QED) is 0.638. The number of nitrogen functional groups attached to an aromatic ring is 1. The van der Waals surface area contributed by atoms with Crippen LogP contribution >= 0.6 is 11.3 Å². The SMILES string of the molecule is Cc1nc(CN2CCC(C)CC2)sc1C(=N)N. The molecule has 0 saturated carbocycles. The van der Waals surface area contributed by atoms with Crippen molar-refractivity contribution in [2.24, 2.45) is 11.7 Å². The van der Waals surface area contributed by atoms with E-state index in [-0.39, 0.29) is 5.84 Å². The lowest BCUT2D eigenvalue weighted by atomic mass is 9.99. The van der Waals surface area contributed by atoms with Gasteiger partial charge in [0.2, 0.25) is 0 Å². The number of piperidine rings is 1. The molecule has 0 aromatic carbocycles. The maximum absolute atomic E-state index is 7.47. The van der Waals surface area contributed by atoms with Gasteiger partial charge in [0.1, 0.15) is 10.8 Å². The molecule has 1 fully saturated rings. The van der Waals surface area contributed by atoms with Crippen LogP contribution in [0.3, 0.4) is 0 Å².